The maximum Gasteiger partial charge on any atom is 0.328 e. The lowest BCUT2D eigenvalue weighted by Crippen LogP contribution is -2.41. The van der Waals surface area contributed by atoms with E-state index in [0.717, 1.165) is 25.3 Å². The second-order valence-corrected chi connectivity index (χ2v) is 6.84. The molecule has 0 saturated heterocycles. The first-order chi connectivity index (χ1) is 9.41. The lowest BCUT2D eigenvalue weighted by molar-refractivity contribution is -0.131. The van der Waals surface area contributed by atoms with E-state index in [-0.39, 0.29) is 10.9 Å². The van der Waals surface area contributed by atoms with Crippen molar-refractivity contribution >= 4 is 22.1 Å². The Morgan fingerprint density at radius 2 is 1.90 bits per heavy atom. The summed E-state index contributed by atoms with van der Waals surface area (Å²) in [7, 11) is -1.85. The predicted octanol–water partition coefficient (Wildman–Crippen LogP) is 1.96. The molecule has 2 rings (SSSR count). The number of aliphatic carboxylic acids is 1. The molecule has 20 heavy (non-hydrogen) atoms. The van der Waals surface area contributed by atoms with Crippen molar-refractivity contribution in [1.82, 2.24) is 4.31 Å². The molecule has 0 atom stereocenters. The molecular weight excluding hydrogens is 278 g/mol. The molecule has 1 saturated carbocycles. The lowest BCUT2D eigenvalue weighted by Gasteiger charge is -2.33. The van der Waals surface area contributed by atoms with Crippen molar-refractivity contribution < 1.29 is 18.3 Å². The molecule has 6 heteroatoms. The number of carboxylic acid groups (broad SMARTS) is 1. The summed E-state index contributed by atoms with van der Waals surface area (Å²) < 4.78 is 26.1. The summed E-state index contributed by atoms with van der Waals surface area (Å²) >= 11 is 0. The molecule has 1 aliphatic carbocycles. The van der Waals surface area contributed by atoms with E-state index in [1.807, 2.05) is 0 Å². The first kappa shape index (κ1) is 14.7. The molecule has 1 fully saturated rings. The van der Waals surface area contributed by atoms with Crippen LogP contribution in [0.4, 0.5) is 0 Å². The molecule has 0 heterocycles. The Morgan fingerprint density at radius 3 is 2.35 bits per heavy atom. The van der Waals surface area contributed by atoms with Crippen LogP contribution in [-0.2, 0) is 14.8 Å². The van der Waals surface area contributed by atoms with Gasteiger partial charge in [0.05, 0.1) is 4.90 Å². The van der Waals surface area contributed by atoms with E-state index >= 15 is 0 Å². The highest BCUT2D eigenvalue weighted by Gasteiger charge is 2.31. The minimum absolute atomic E-state index is 0.103. The van der Waals surface area contributed by atoms with Gasteiger partial charge in [-0.15, -0.1) is 0 Å². The van der Waals surface area contributed by atoms with Gasteiger partial charge in [0.15, 0.2) is 0 Å². The zero-order valence-electron chi connectivity index (χ0n) is 11.2. The normalized spacial score (nSPS) is 16.5. The molecule has 108 valence electrons. The monoisotopic (exact) mass is 295 g/mol. The van der Waals surface area contributed by atoms with Crippen LogP contribution >= 0.6 is 0 Å². The number of benzene rings is 1. The maximum atomic E-state index is 12.4. The molecule has 1 aliphatic rings. The van der Waals surface area contributed by atoms with Crippen molar-refractivity contribution in [3.63, 3.8) is 0 Å². The molecule has 1 aromatic rings. The largest absolute Gasteiger partial charge is 0.478 e. The van der Waals surface area contributed by atoms with Crippen LogP contribution in [0, 0.1) is 0 Å². The third-order valence-electron chi connectivity index (χ3n) is 3.56. The smallest absolute Gasteiger partial charge is 0.328 e. The summed E-state index contributed by atoms with van der Waals surface area (Å²) in [5, 5.41) is 8.54. The van der Waals surface area contributed by atoms with Gasteiger partial charge in [-0.25, -0.2) is 13.2 Å². The number of hydrogen-bond acceptors (Lipinski definition) is 3. The molecule has 1 N–H and O–H groups in total. The summed E-state index contributed by atoms with van der Waals surface area (Å²) in [5.41, 5.74) is 0.651. The topological polar surface area (TPSA) is 74.7 Å². The Bertz CT molecular complexity index is 615. The highest BCUT2D eigenvalue weighted by Crippen LogP contribution is 2.28. The van der Waals surface area contributed by atoms with Gasteiger partial charge in [-0.2, -0.15) is 4.31 Å². The van der Waals surface area contributed by atoms with Gasteiger partial charge in [-0.3, -0.25) is 0 Å². The second-order valence-electron chi connectivity index (χ2n) is 4.85. The molecule has 0 spiro atoms. The summed E-state index contributed by atoms with van der Waals surface area (Å²) in [6.45, 7) is 0. The molecule has 0 aliphatic heterocycles. The van der Waals surface area contributed by atoms with E-state index in [0.29, 0.717) is 5.56 Å². The standard InChI is InChI=1S/C14H17NO4S/c1-15(12-3-2-4-12)20(18,19)13-8-5-11(6-9-13)7-10-14(16)17/h5-10,12H,2-4H2,1H3,(H,16,17)/b10-7+. The zero-order chi connectivity index (χ0) is 14.8. The van der Waals surface area contributed by atoms with Crippen LogP contribution in [0.2, 0.25) is 0 Å². The highest BCUT2D eigenvalue weighted by molar-refractivity contribution is 7.89. The van der Waals surface area contributed by atoms with Gasteiger partial charge in [0, 0.05) is 19.2 Å². The molecule has 0 bridgehead atoms. The van der Waals surface area contributed by atoms with E-state index in [2.05, 4.69) is 0 Å². The summed E-state index contributed by atoms with van der Waals surface area (Å²) in [6, 6.07) is 6.31. The van der Waals surface area contributed by atoms with Crippen molar-refractivity contribution in [2.75, 3.05) is 7.05 Å². The summed E-state index contributed by atoms with van der Waals surface area (Å²) in [4.78, 5) is 10.6. The van der Waals surface area contributed by atoms with E-state index in [1.54, 1.807) is 19.2 Å². The lowest BCUT2D eigenvalue weighted by atomic mass is 9.94. The predicted molar refractivity (Wildman–Crippen MR) is 75.7 cm³/mol. The quantitative estimate of drug-likeness (QED) is 0.843. The first-order valence-electron chi connectivity index (χ1n) is 6.40. The Labute approximate surface area is 118 Å². The minimum atomic E-state index is -3.45. The van der Waals surface area contributed by atoms with Crippen LogP contribution in [0.15, 0.2) is 35.2 Å². The SMILES string of the molecule is CN(C1CCC1)S(=O)(=O)c1ccc(/C=C/C(=O)O)cc1. The average Bonchev–Trinajstić information content (AvgIpc) is 2.34. The van der Waals surface area contributed by atoms with Crippen molar-refractivity contribution in [3.8, 4) is 0 Å². The zero-order valence-corrected chi connectivity index (χ0v) is 12.0. The van der Waals surface area contributed by atoms with Crippen LogP contribution in [-0.4, -0.2) is 36.9 Å². The molecule has 1 aromatic carbocycles. The fourth-order valence-corrected chi connectivity index (χ4v) is 3.45. The number of rotatable bonds is 5. The van der Waals surface area contributed by atoms with Crippen LogP contribution < -0.4 is 0 Å². The Balaban J connectivity index is 2.18. The van der Waals surface area contributed by atoms with Gasteiger partial charge in [0.25, 0.3) is 0 Å². The van der Waals surface area contributed by atoms with Crippen molar-refractivity contribution in [2.45, 2.75) is 30.2 Å². The van der Waals surface area contributed by atoms with Crippen LogP contribution in [0.1, 0.15) is 24.8 Å². The summed E-state index contributed by atoms with van der Waals surface area (Å²) in [6.07, 6.45) is 5.34. The van der Waals surface area contributed by atoms with Gasteiger partial charge >= 0.3 is 5.97 Å². The van der Waals surface area contributed by atoms with E-state index in [9.17, 15) is 13.2 Å². The molecule has 0 unspecified atom stereocenters. The van der Waals surface area contributed by atoms with E-state index in [4.69, 9.17) is 5.11 Å². The van der Waals surface area contributed by atoms with Gasteiger partial charge in [0.2, 0.25) is 10.0 Å². The van der Waals surface area contributed by atoms with Crippen LogP contribution in [0.5, 0.6) is 0 Å². The van der Waals surface area contributed by atoms with E-state index in [1.165, 1.54) is 22.5 Å². The van der Waals surface area contributed by atoms with Crippen molar-refractivity contribution in [2.24, 2.45) is 0 Å². The number of carbonyl (C=O) groups is 1. The molecular formula is C14H17NO4S. The fourth-order valence-electron chi connectivity index (χ4n) is 2.03. The van der Waals surface area contributed by atoms with Crippen molar-refractivity contribution in [1.29, 1.82) is 0 Å². The number of sulfonamides is 1. The van der Waals surface area contributed by atoms with Gasteiger partial charge in [0.1, 0.15) is 0 Å². The van der Waals surface area contributed by atoms with E-state index < -0.39 is 16.0 Å². The Hall–Kier alpha value is -1.66. The van der Waals surface area contributed by atoms with Gasteiger partial charge in [-0.05, 0) is 36.6 Å². The van der Waals surface area contributed by atoms with Crippen LogP contribution in [0.25, 0.3) is 6.08 Å². The minimum Gasteiger partial charge on any atom is -0.478 e. The highest BCUT2D eigenvalue weighted by atomic mass is 32.2. The Morgan fingerprint density at radius 1 is 1.30 bits per heavy atom. The summed E-state index contributed by atoms with van der Waals surface area (Å²) in [5.74, 6) is -1.04. The fraction of sp³-hybridized carbons (Fsp3) is 0.357. The van der Waals surface area contributed by atoms with Gasteiger partial charge in [-0.1, -0.05) is 18.6 Å². The van der Waals surface area contributed by atoms with Crippen molar-refractivity contribution in [3.05, 3.63) is 35.9 Å². The number of hydrogen-bond donors (Lipinski definition) is 1. The maximum absolute atomic E-state index is 12.4. The number of carboxylic acids is 1. The third kappa shape index (κ3) is 3.08. The number of nitrogens with zero attached hydrogens (tertiary/aromatic N) is 1. The molecule has 0 radical (unpaired) electrons. The van der Waals surface area contributed by atoms with Crippen LogP contribution in [0.3, 0.4) is 0 Å². The first-order valence-corrected chi connectivity index (χ1v) is 7.84. The Kier molecular flexibility index (Phi) is 4.25. The molecule has 5 nitrogen and oxygen atoms in total. The molecule has 0 amide bonds. The average molecular weight is 295 g/mol. The third-order valence-corrected chi connectivity index (χ3v) is 5.49. The molecule has 0 aromatic heterocycles. The van der Waals surface area contributed by atoms with Gasteiger partial charge < -0.3 is 5.11 Å². The second kappa shape index (κ2) is 5.76.